The molecule has 0 amide bonds. The predicted molar refractivity (Wildman–Crippen MR) is 149 cm³/mol. The average Bonchev–Trinajstić information content (AvgIpc) is 3.36. The predicted octanol–water partition coefficient (Wildman–Crippen LogP) is 7.79. The lowest BCUT2D eigenvalue weighted by Gasteiger charge is -2.37. The van der Waals surface area contributed by atoms with Crippen LogP contribution in [0, 0.1) is 0 Å². The van der Waals surface area contributed by atoms with Crippen LogP contribution >= 0.6 is 11.8 Å². The van der Waals surface area contributed by atoms with Crippen LogP contribution in [0.4, 0.5) is 0 Å². The van der Waals surface area contributed by atoms with Crippen molar-refractivity contribution in [3.8, 4) is 33.9 Å². The molecule has 37 heavy (non-hydrogen) atoms. The Morgan fingerprint density at radius 3 is 1.97 bits per heavy atom. The summed E-state index contributed by atoms with van der Waals surface area (Å²) in [5, 5.41) is 0. The first kappa shape index (κ1) is 21.8. The van der Waals surface area contributed by atoms with E-state index in [0.717, 1.165) is 49.3 Å². The summed E-state index contributed by atoms with van der Waals surface area (Å²) in [6.07, 6.45) is 7.45. The number of benzene rings is 4. The number of fused-ring (bicyclic) bond motifs is 6. The van der Waals surface area contributed by atoms with Crippen LogP contribution in [0.2, 0.25) is 0 Å². The van der Waals surface area contributed by atoms with E-state index in [1.165, 1.54) is 0 Å². The van der Waals surface area contributed by atoms with Gasteiger partial charge < -0.3 is 4.57 Å². The van der Waals surface area contributed by atoms with Crippen LogP contribution in [0.5, 0.6) is 0 Å². The van der Waals surface area contributed by atoms with Crippen LogP contribution in [-0.4, -0.2) is 15.3 Å². The standard InChI is InChI=1S/C33H22N2OS/c36-25-19-21-33(22-20-25)27-16-8-10-18-29(27)37-28-17-9-7-15-26(28)32-34-30(23-11-3-1-4-12-23)31(35(32)33)24-13-5-2-6-14-24/h1-22H. The Kier molecular flexibility index (Phi) is 5.08. The second-order valence-electron chi connectivity index (χ2n) is 9.19. The number of nitrogens with zero attached hydrogens (tertiary/aromatic N) is 2. The monoisotopic (exact) mass is 494 g/mol. The Balaban J connectivity index is 1.70. The normalized spacial score (nSPS) is 15.0. The summed E-state index contributed by atoms with van der Waals surface area (Å²) in [5.41, 5.74) is 5.51. The summed E-state index contributed by atoms with van der Waals surface area (Å²) in [4.78, 5) is 20.1. The minimum atomic E-state index is -0.731. The first-order valence-electron chi connectivity index (χ1n) is 12.3. The van der Waals surface area contributed by atoms with Crippen molar-refractivity contribution in [3.05, 3.63) is 139 Å². The molecular weight excluding hydrogens is 472 g/mol. The minimum absolute atomic E-state index is 0.00979. The van der Waals surface area contributed by atoms with Crippen LogP contribution in [0.1, 0.15) is 5.56 Å². The van der Waals surface area contributed by atoms with Gasteiger partial charge in [-0.1, -0.05) is 109 Å². The highest BCUT2D eigenvalue weighted by molar-refractivity contribution is 7.99. The molecule has 0 saturated heterocycles. The number of ketones is 1. The van der Waals surface area contributed by atoms with E-state index in [4.69, 9.17) is 4.98 Å². The Hall–Kier alpha value is -4.41. The van der Waals surface area contributed by atoms with Crippen molar-refractivity contribution in [1.29, 1.82) is 0 Å². The summed E-state index contributed by atoms with van der Waals surface area (Å²) in [5.74, 6) is 0.864. The van der Waals surface area contributed by atoms with Crippen molar-refractivity contribution >= 4 is 17.5 Å². The molecule has 176 valence electrons. The molecule has 0 atom stereocenters. The number of imidazole rings is 1. The molecule has 0 fully saturated rings. The third-order valence-corrected chi connectivity index (χ3v) is 8.16. The van der Waals surface area contributed by atoms with Gasteiger partial charge in [0.25, 0.3) is 0 Å². The van der Waals surface area contributed by atoms with E-state index < -0.39 is 5.54 Å². The van der Waals surface area contributed by atoms with E-state index in [1.54, 1.807) is 23.9 Å². The van der Waals surface area contributed by atoms with E-state index in [0.29, 0.717) is 0 Å². The lowest BCUT2D eigenvalue weighted by atomic mass is 9.84. The van der Waals surface area contributed by atoms with Crippen LogP contribution < -0.4 is 0 Å². The molecule has 0 bridgehead atoms. The SMILES string of the molecule is O=C1C=CC2(C=C1)c1ccccc1Sc1ccccc1-c1nc(-c3ccccc3)c(-c3ccccc3)n12. The Morgan fingerprint density at radius 1 is 0.649 bits per heavy atom. The van der Waals surface area contributed by atoms with Crippen molar-refractivity contribution in [3.63, 3.8) is 0 Å². The molecule has 1 aliphatic heterocycles. The molecule has 5 aromatic rings. The smallest absolute Gasteiger partial charge is 0.178 e. The van der Waals surface area contributed by atoms with Gasteiger partial charge in [0.1, 0.15) is 11.4 Å². The van der Waals surface area contributed by atoms with Gasteiger partial charge in [-0.15, -0.1) is 0 Å². The molecule has 3 nitrogen and oxygen atoms in total. The van der Waals surface area contributed by atoms with Gasteiger partial charge in [-0.2, -0.15) is 0 Å². The molecule has 1 aliphatic carbocycles. The maximum Gasteiger partial charge on any atom is 0.178 e. The van der Waals surface area contributed by atoms with Crippen LogP contribution in [0.3, 0.4) is 0 Å². The van der Waals surface area contributed by atoms with E-state index >= 15 is 0 Å². The summed E-state index contributed by atoms with van der Waals surface area (Å²) < 4.78 is 2.33. The minimum Gasteiger partial charge on any atom is -0.306 e. The highest BCUT2D eigenvalue weighted by Crippen LogP contribution is 2.51. The molecule has 4 heteroatoms. The van der Waals surface area contributed by atoms with E-state index in [2.05, 4.69) is 102 Å². The van der Waals surface area contributed by atoms with Gasteiger partial charge in [-0.05, 0) is 42.0 Å². The summed E-state index contributed by atoms with van der Waals surface area (Å²) >= 11 is 1.75. The van der Waals surface area contributed by atoms with Gasteiger partial charge in [0.05, 0.1) is 11.4 Å². The maximum atomic E-state index is 12.4. The van der Waals surface area contributed by atoms with E-state index in [9.17, 15) is 4.79 Å². The number of carbonyl (C=O) groups excluding carboxylic acids is 1. The largest absolute Gasteiger partial charge is 0.306 e. The van der Waals surface area contributed by atoms with Crippen molar-refractivity contribution in [2.45, 2.75) is 15.3 Å². The number of aromatic nitrogens is 2. The fraction of sp³-hybridized carbons (Fsp3) is 0.0303. The molecule has 7 rings (SSSR count). The summed E-state index contributed by atoms with van der Waals surface area (Å²) in [6.45, 7) is 0. The van der Waals surface area contributed by atoms with E-state index in [1.807, 2.05) is 24.3 Å². The number of hydrogen-bond acceptors (Lipinski definition) is 3. The molecule has 0 unspecified atom stereocenters. The van der Waals surface area contributed by atoms with Crippen LogP contribution in [-0.2, 0) is 10.3 Å². The molecule has 2 heterocycles. The first-order valence-corrected chi connectivity index (χ1v) is 13.1. The molecule has 1 spiro atoms. The van der Waals surface area contributed by atoms with Crippen molar-refractivity contribution in [1.82, 2.24) is 9.55 Å². The fourth-order valence-electron chi connectivity index (χ4n) is 5.34. The molecule has 1 aromatic heterocycles. The maximum absolute atomic E-state index is 12.4. The van der Waals surface area contributed by atoms with Crippen molar-refractivity contribution in [2.24, 2.45) is 0 Å². The van der Waals surface area contributed by atoms with Crippen LogP contribution in [0.15, 0.2) is 143 Å². The quantitative estimate of drug-likeness (QED) is 0.251. The van der Waals surface area contributed by atoms with Gasteiger partial charge in [-0.25, -0.2) is 4.98 Å². The number of rotatable bonds is 2. The Morgan fingerprint density at radius 2 is 1.24 bits per heavy atom. The van der Waals surface area contributed by atoms with E-state index in [-0.39, 0.29) is 5.78 Å². The zero-order valence-corrected chi connectivity index (χ0v) is 20.7. The highest BCUT2D eigenvalue weighted by atomic mass is 32.2. The summed E-state index contributed by atoms with van der Waals surface area (Å²) in [7, 11) is 0. The number of carbonyl (C=O) groups is 1. The Bertz CT molecular complexity index is 1700. The Labute approximate surface area is 219 Å². The first-order chi connectivity index (χ1) is 18.2. The lowest BCUT2D eigenvalue weighted by Crippen LogP contribution is -2.35. The van der Waals surface area contributed by atoms with Crippen molar-refractivity contribution < 1.29 is 4.79 Å². The number of allylic oxidation sites excluding steroid dienone is 4. The topological polar surface area (TPSA) is 34.9 Å². The lowest BCUT2D eigenvalue weighted by molar-refractivity contribution is -0.110. The second-order valence-corrected chi connectivity index (χ2v) is 10.3. The van der Waals surface area contributed by atoms with Crippen LogP contribution in [0.25, 0.3) is 33.9 Å². The molecule has 2 aliphatic rings. The fourth-order valence-corrected chi connectivity index (χ4v) is 6.49. The van der Waals surface area contributed by atoms with Gasteiger partial charge in [-0.3, -0.25) is 4.79 Å². The van der Waals surface area contributed by atoms with Gasteiger partial charge in [0.2, 0.25) is 0 Å². The highest BCUT2D eigenvalue weighted by Gasteiger charge is 2.40. The molecular formula is C33H22N2OS. The molecule has 4 aromatic carbocycles. The van der Waals surface area contributed by atoms with Gasteiger partial charge in [0, 0.05) is 26.5 Å². The molecule has 0 radical (unpaired) electrons. The van der Waals surface area contributed by atoms with Crippen molar-refractivity contribution in [2.75, 3.05) is 0 Å². The molecule has 0 N–H and O–H groups in total. The zero-order chi connectivity index (χ0) is 24.8. The zero-order valence-electron chi connectivity index (χ0n) is 19.9. The van der Waals surface area contributed by atoms with Gasteiger partial charge in [0.15, 0.2) is 5.78 Å². The molecule has 0 saturated carbocycles. The third kappa shape index (κ3) is 3.45. The summed E-state index contributed by atoms with van der Waals surface area (Å²) in [6, 6.07) is 37.7. The average molecular weight is 495 g/mol. The van der Waals surface area contributed by atoms with Gasteiger partial charge >= 0.3 is 0 Å². The number of hydrogen-bond donors (Lipinski definition) is 0. The third-order valence-electron chi connectivity index (χ3n) is 7.01. The second kappa shape index (κ2) is 8.61.